The van der Waals surface area contributed by atoms with E-state index in [0.717, 1.165) is 38.5 Å². The molecule has 4 nitrogen and oxygen atoms in total. The zero-order valence-corrected chi connectivity index (χ0v) is 26.9. The van der Waals surface area contributed by atoms with E-state index in [9.17, 15) is 8.42 Å². The average molecular weight is 637 g/mol. The van der Waals surface area contributed by atoms with E-state index in [-0.39, 0.29) is 0 Å². The first kappa shape index (κ1) is 27.3. The predicted octanol–water partition coefficient (Wildman–Crippen LogP) is 10.7. The Morgan fingerprint density at radius 2 is 1.08 bits per heavy atom. The number of nitrogens with zero attached hydrogens (tertiary/aromatic N) is 2. The van der Waals surface area contributed by atoms with Crippen LogP contribution in [0.3, 0.4) is 0 Å². The van der Waals surface area contributed by atoms with Crippen molar-refractivity contribution in [1.29, 1.82) is 0 Å². The van der Waals surface area contributed by atoms with E-state index in [0.29, 0.717) is 32.9 Å². The number of aromatic nitrogens is 2. The second-order valence-corrected chi connectivity index (χ2v) is 14.4. The van der Waals surface area contributed by atoms with Crippen molar-refractivity contribution in [2.24, 2.45) is 0 Å². The lowest BCUT2D eigenvalue weighted by Gasteiger charge is -2.25. The summed E-state index contributed by atoms with van der Waals surface area (Å²) in [6.45, 7) is 2.07. The van der Waals surface area contributed by atoms with Gasteiger partial charge in [-0.05, 0) is 84.0 Å². The molecule has 228 valence electrons. The number of sulfone groups is 1. The van der Waals surface area contributed by atoms with Crippen molar-refractivity contribution in [2.75, 3.05) is 0 Å². The summed E-state index contributed by atoms with van der Waals surface area (Å²) in [5.74, 6) is 0.842. The normalized spacial score (nSPS) is 13.5. The van der Waals surface area contributed by atoms with Crippen molar-refractivity contribution in [3.8, 4) is 27.9 Å². The molecule has 0 atom stereocenters. The molecule has 0 N–H and O–H groups in total. The van der Waals surface area contributed by atoms with Gasteiger partial charge in [0.15, 0.2) is 0 Å². The lowest BCUT2D eigenvalue weighted by atomic mass is 9.83. The first-order valence-corrected chi connectivity index (χ1v) is 17.8. The second kappa shape index (κ2) is 9.86. The van der Waals surface area contributed by atoms with Crippen LogP contribution >= 0.6 is 0 Å². The molecule has 1 aromatic heterocycles. The molecule has 0 saturated carbocycles. The Kier molecular flexibility index (Phi) is 5.62. The highest BCUT2D eigenvalue weighted by Crippen LogP contribution is 2.50. The van der Waals surface area contributed by atoms with E-state index >= 15 is 0 Å². The number of aryl methyl sites for hydroxylation is 1. The maximum Gasteiger partial charge on any atom is 0.210 e. The summed E-state index contributed by atoms with van der Waals surface area (Å²) >= 11 is 0. The Balaban J connectivity index is 1.39. The minimum atomic E-state index is -3.80. The lowest BCUT2D eigenvalue weighted by molar-refractivity contribution is 0.594. The first-order chi connectivity index (χ1) is 23.6. The Morgan fingerprint density at radius 3 is 1.75 bits per heavy atom. The zero-order valence-electron chi connectivity index (χ0n) is 26.1. The van der Waals surface area contributed by atoms with Gasteiger partial charge >= 0.3 is 0 Å². The van der Waals surface area contributed by atoms with Crippen molar-refractivity contribution < 1.29 is 8.42 Å². The van der Waals surface area contributed by atoms with Gasteiger partial charge in [-0.1, -0.05) is 122 Å². The highest BCUT2D eigenvalue weighted by Gasteiger charge is 2.35. The molecule has 48 heavy (non-hydrogen) atoms. The fourth-order valence-electron chi connectivity index (χ4n) is 8.10. The minimum absolute atomic E-state index is 0.310. The number of hydrogen-bond acceptors (Lipinski definition) is 3. The van der Waals surface area contributed by atoms with Crippen LogP contribution in [-0.2, 0) is 16.3 Å². The van der Waals surface area contributed by atoms with E-state index in [4.69, 9.17) is 4.98 Å². The molecule has 0 fully saturated rings. The van der Waals surface area contributed by atoms with Crippen LogP contribution in [0.1, 0.15) is 12.7 Å². The van der Waals surface area contributed by atoms with Crippen LogP contribution < -0.4 is 0 Å². The molecule has 0 bridgehead atoms. The maximum atomic E-state index is 14.3. The van der Waals surface area contributed by atoms with Gasteiger partial charge in [-0.3, -0.25) is 4.57 Å². The summed E-state index contributed by atoms with van der Waals surface area (Å²) in [4.78, 5) is 5.55. The number of rotatable bonds is 3. The molecule has 10 rings (SSSR count). The second-order valence-electron chi connectivity index (χ2n) is 12.5. The van der Waals surface area contributed by atoms with Crippen LogP contribution in [0.4, 0.5) is 0 Å². The quantitative estimate of drug-likeness (QED) is 0.143. The molecule has 2 heterocycles. The molecule has 1 aliphatic heterocycles. The van der Waals surface area contributed by atoms with Gasteiger partial charge in [0.1, 0.15) is 5.82 Å². The zero-order chi connectivity index (χ0) is 32.1. The van der Waals surface area contributed by atoms with E-state index in [1.807, 2.05) is 12.1 Å². The summed E-state index contributed by atoms with van der Waals surface area (Å²) in [5, 5.41) is 9.24. The molecule has 0 radical (unpaired) electrons. The third kappa shape index (κ3) is 3.54. The van der Waals surface area contributed by atoms with Crippen LogP contribution in [-0.4, -0.2) is 18.0 Å². The summed E-state index contributed by atoms with van der Waals surface area (Å²) in [5.41, 5.74) is 6.28. The van der Waals surface area contributed by atoms with Crippen molar-refractivity contribution in [2.45, 2.75) is 23.1 Å². The Labute approximate surface area is 277 Å². The molecule has 0 aliphatic carbocycles. The highest BCUT2D eigenvalue weighted by molar-refractivity contribution is 7.92. The SMILES string of the molecule is CCc1nc2cccc3c2n1-c1c(-c2c4ccccc4c(-c4cc5ccccc5c5ccccc45)c4ccccc24)cccc1S3(=O)=O. The summed E-state index contributed by atoms with van der Waals surface area (Å²) in [6, 6.07) is 47.8. The Morgan fingerprint density at radius 1 is 0.542 bits per heavy atom. The molecule has 5 heteroatoms. The Bertz CT molecular complexity index is 2900. The van der Waals surface area contributed by atoms with Crippen LogP contribution in [0, 0.1) is 0 Å². The van der Waals surface area contributed by atoms with E-state index in [1.54, 1.807) is 18.2 Å². The van der Waals surface area contributed by atoms with Crippen LogP contribution in [0.15, 0.2) is 149 Å². The lowest BCUT2D eigenvalue weighted by Crippen LogP contribution is -2.17. The van der Waals surface area contributed by atoms with Gasteiger partial charge in [-0.15, -0.1) is 0 Å². The Hall–Kier alpha value is -5.78. The molecule has 0 amide bonds. The van der Waals surface area contributed by atoms with Gasteiger partial charge in [-0.2, -0.15) is 0 Å². The fraction of sp³-hybridized carbons (Fsp3) is 0.0465. The molecule has 0 unspecified atom stereocenters. The third-order valence-electron chi connectivity index (χ3n) is 10.1. The fourth-order valence-corrected chi connectivity index (χ4v) is 9.76. The van der Waals surface area contributed by atoms with Crippen molar-refractivity contribution in [1.82, 2.24) is 9.55 Å². The van der Waals surface area contributed by atoms with Gasteiger partial charge < -0.3 is 0 Å². The van der Waals surface area contributed by atoms with Crippen LogP contribution in [0.25, 0.3) is 82.1 Å². The van der Waals surface area contributed by atoms with Gasteiger partial charge in [-0.25, -0.2) is 13.4 Å². The average Bonchev–Trinajstić information content (AvgIpc) is 3.51. The number of hydrogen-bond donors (Lipinski definition) is 0. The van der Waals surface area contributed by atoms with Crippen molar-refractivity contribution in [3.05, 3.63) is 145 Å². The molecule has 0 saturated heterocycles. The number of benzene rings is 8. The molecule has 8 aromatic carbocycles. The number of imidazole rings is 1. The monoisotopic (exact) mass is 636 g/mol. The van der Waals surface area contributed by atoms with Crippen molar-refractivity contribution in [3.63, 3.8) is 0 Å². The smallest absolute Gasteiger partial charge is 0.210 e. The van der Waals surface area contributed by atoms with Gasteiger partial charge in [0, 0.05) is 12.0 Å². The van der Waals surface area contributed by atoms with Gasteiger partial charge in [0.2, 0.25) is 9.84 Å². The molecular formula is C43H28N2O2S. The number of para-hydroxylation sites is 2. The summed E-state index contributed by atoms with van der Waals surface area (Å²) in [7, 11) is -3.80. The van der Waals surface area contributed by atoms with Crippen LogP contribution in [0.5, 0.6) is 0 Å². The minimum Gasteiger partial charge on any atom is -0.293 e. The topological polar surface area (TPSA) is 52.0 Å². The van der Waals surface area contributed by atoms with Gasteiger partial charge in [0.25, 0.3) is 0 Å². The largest absolute Gasteiger partial charge is 0.293 e. The predicted molar refractivity (Wildman–Crippen MR) is 197 cm³/mol. The molecular weight excluding hydrogens is 609 g/mol. The standard InChI is InChI=1S/C43H28N2O2S/c1-2-39-44-36-22-12-24-38-43(36)45(39)42-34(21-11-23-37(42)48(38,46)47)40-30-17-7-9-19-32(30)41(33-20-10-8-18-31(33)40)35-25-26-13-3-4-14-27(26)28-15-5-6-16-29(28)35/h3-25H,2H2,1H3. The first-order valence-electron chi connectivity index (χ1n) is 16.3. The van der Waals surface area contributed by atoms with E-state index < -0.39 is 9.84 Å². The van der Waals surface area contributed by atoms with Gasteiger partial charge in [0.05, 0.1) is 26.5 Å². The molecule has 1 aliphatic rings. The third-order valence-corrected chi connectivity index (χ3v) is 11.9. The molecule has 0 spiro atoms. The highest BCUT2D eigenvalue weighted by atomic mass is 32.2. The molecule has 9 aromatic rings. The van der Waals surface area contributed by atoms with E-state index in [2.05, 4.69) is 121 Å². The van der Waals surface area contributed by atoms with E-state index in [1.165, 1.54) is 32.7 Å². The summed E-state index contributed by atoms with van der Waals surface area (Å²) in [6.07, 6.45) is 0.664. The van der Waals surface area contributed by atoms with Crippen molar-refractivity contribution >= 4 is 64.0 Å². The summed E-state index contributed by atoms with van der Waals surface area (Å²) < 4.78 is 30.7. The maximum absolute atomic E-state index is 14.3. The van der Waals surface area contributed by atoms with Crippen LogP contribution in [0.2, 0.25) is 0 Å². The number of fused-ring (bicyclic) bond motifs is 7.